The van der Waals surface area contributed by atoms with Crippen molar-refractivity contribution in [1.29, 1.82) is 0 Å². The molecule has 5 heteroatoms. The van der Waals surface area contributed by atoms with E-state index in [0.29, 0.717) is 13.1 Å². The highest BCUT2D eigenvalue weighted by molar-refractivity contribution is 5.90. The second-order valence-electron chi connectivity index (χ2n) is 8.29. The zero-order chi connectivity index (χ0) is 19.9. The monoisotopic (exact) mass is 374 g/mol. The minimum absolute atomic E-state index is 0.0374. The number of likely N-dealkylation sites (tertiary alicyclic amines) is 1. The van der Waals surface area contributed by atoms with Crippen LogP contribution >= 0.6 is 0 Å². The summed E-state index contributed by atoms with van der Waals surface area (Å²) in [7, 11) is 0. The van der Waals surface area contributed by atoms with Crippen LogP contribution in [0.25, 0.3) is 0 Å². The number of nitrogens with zero attached hydrogens (tertiary/aromatic N) is 1. The van der Waals surface area contributed by atoms with E-state index in [-0.39, 0.29) is 17.9 Å². The lowest BCUT2D eigenvalue weighted by Gasteiger charge is -2.30. The Morgan fingerprint density at radius 3 is 2.56 bits per heavy atom. The normalized spacial score (nSPS) is 17.0. The van der Waals surface area contributed by atoms with E-state index in [1.54, 1.807) is 4.90 Å². The van der Waals surface area contributed by atoms with Crippen molar-refractivity contribution in [2.45, 2.75) is 65.8 Å². The molecule has 1 aromatic carbocycles. The van der Waals surface area contributed by atoms with E-state index in [1.807, 2.05) is 45.0 Å². The maximum Gasteiger partial charge on any atom is 0.242 e. The summed E-state index contributed by atoms with van der Waals surface area (Å²) >= 11 is 0. The van der Waals surface area contributed by atoms with E-state index in [4.69, 9.17) is 4.74 Å². The Hall–Kier alpha value is -2.04. The number of amides is 2. The van der Waals surface area contributed by atoms with E-state index in [0.717, 1.165) is 50.0 Å². The number of hydrogen-bond acceptors (Lipinski definition) is 3. The predicted octanol–water partition coefficient (Wildman–Crippen LogP) is 3.56. The number of carbonyl (C=O) groups is 2. The maximum absolute atomic E-state index is 12.6. The van der Waals surface area contributed by atoms with Gasteiger partial charge in [0.05, 0.1) is 6.61 Å². The molecule has 1 saturated heterocycles. The molecular weight excluding hydrogens is 340 g/mol. The highest BCUT2D eigenvalue weighted by Crippen LogP contribution is 2.25. The smallest absolute Gasteiger partial charge is 0.242 e. The minimum Gasteiger partial charge on any atom is -0.494 e. The summed E-state index contributed by atoms with van der Waals surface area (Å²) in [5.41, 5.74) is 0.705. The largest absolute Gasteiger partial charge is 0.494 e. The first-order valence-corrected chi connectivity index (χ1v) is 10.1. The second kappa shape index (κ2) is 9.77. The third-order valence-corrected chi connectivity index (χ3v) is 4.86. The summed E-state index contributed by atoms with van der Waals surface area (Å²) in [5, 5.41) is 3.00. The molecule has 0 radical (unpaired) electrons. The van der Waals surface area contributed by atoms with E-state index < -0.39 is 5.41 Å². The highest BCUT2D eigenvalue weighted by atomic mass is 16.5. The molecule has 0 spiro atoms. The molecular formula is C22H34N2O3. The molecule has 1 fully saturated rings. The van der Waals surface area contributed by atoms with Crippen molar-refractivity contribution in [3.8, 4) is 5.75 Å². The van der Waals surface area contributed by atoms with Gasteiger partial charge in [0.25, 0.3) is 0 Å². The molecule has 0 bridgehead atoms. The van der Waals surface area contributed by atoms with Gasteiger partial charge in [-0.05, 0) is 43.4 Å². The van der Waals surface area contributed by atoms with Gasteiger partial charge in [0.15, 0.2) is 0 Å². The van der Waals surface area contributed by atoms with Crippen LogP contribution in [-0.4, -0.2) is 42.5 Å². The molecule has 1 aliphatic rings. The number of rotatable bonds is 8. The zero-order valence-electron chi connectivity index (χ0n) is 17.2. The van der Waals surface area contributed by atoms with Crippen molar-refractivity contribution in [2.24, 2.45) is 5.41 Å². The summed E-state index contributed by atoms with van der Waals surface area (Å²) in [4.78, 5) is 26.8. The maximum atomic E-state index is 12.6. The summed E-state index contributed by atoms with van der Waals surface area (Å²) in [6.45, 7) is 9.84. The van der Waals surface area contributed by atoms with Crippen molar-refractivity contribution < 1.29 is 14.3 Å². The summed E-state index contributed by atoms with van der Waals surface area (Å²) in [5.74, 6) is 0.905. The molecule has 5 nitrogen and oxygen atoms in total. The van der Waals surface area contributed by atoms with Crippen molar-refractivity contribution in [2.75, 3.05) is 19.7 Å². The van der Waals surface area contributed by atoms with Crippen LogP contribution in [0.5, 0.6) is 5.75 Å². The number of ether oxygens (including phenoxy) is 1. The number of benzene rings is 1. The molecule has 1 N–H and O–H groups in total. The van der Waals surface area contributed by atoms with E-state index >= 15 is 0 Å². The topological polar surface area (TPSA) is 58.6 Å². The Morgan fingerprint density at radius 1 is 1.22 bits per heavy atom. The first-order valence-electron chi connectivity index (χ1n) is 10.1. The number of carbonyl (C=O) groups excluding carboxylic acids is 2. The van der Waals surface area contributed by atoms with Gasteiger partial charge in [0, 0.05) is 18.5 Å². The number of nitrogens with one attached hydrogen (secondary N) is 1. The van der Waals surface area contributed by atoms with Crippen molar-refractivity contribution in [1.82, 2.24) is 10.2 Å². The van der Waals surface area contributed by atoms with Crippen molar-refractivity contribution >= 4 is 11.8 Å². The predicted molar refractivity (Wildman–Crippen MR) is 108 cm³/mol. The third-order valence-electron chi connectivity index (χ3n) is 4.86. The van der Waals surface area contributed by atoms with Crippen LogP contribution in [0.15, 0.2) is 24.3 Å². The molecule has 27 heavy (non-hydrogen) atoms. The average Bonchev–Trinajstić information content (AvgIpc) is 3.11. The molecule has 1 heterocycles. The molecule has 1 aliphatic heterocycles. The minimum atomic E-state index is -0.455. The first-order chi connectivity index (χ1) is 12.8. The Bertz CT molecular complexity index is 619. The van der Waals surface area contributed by atoms with Gasteiger partial charge >= 0.3 is 0 Å². The van der Waals surface area contributed by atoms with Crippen LogP contribution in [0.1, 0.15) is 58.9 Å². The van der Waals surface area contributed by atoms with Crippen LogP contribution in [0.3, 0.4) is 0 Å². The molecule has 1 atom stereocenters. The summed E-state index contributed by atoms with van der Waals surface area (Å²) < 4.78 is 5.67. The SMILES string of the molecule is CCCCOc1ccc(CCNC(=O)C2CCCN2C(=O)C(C)(C)C)cc1. The van der Waals surface area contributed by atoms with Crippen molar-refractivity contribution in [3.63, 3.8) is 0 Å². The van der Waals surface area contributed by atoms with Gasteiger partial charge < -0.3 is 15.0 Å². The average molecular weight is 375 g/mol. The van der Waals surface area contributed by atoms with Gasteiger partial charge in [-0.3, -0.25) is 9.59 Å². The van der Waals surface area contributed by atoms with Gasteiger partial charge in [-0.1, -0.05) is 46.2 Å². The number of hydrogen-bond donors (Lipinski definition) is 1. The molecule has 2 rings (SSSR count). The number of unbranched alkanes of at least 4 members (excludes halogenated alkanes) is 1. The molecule has 1 unspecified atom stereocenters. The van der Waals surface area contributed by atoms with E-state index in [2.05, 4.69) is 12.2 Å². The molecule has 0 saturated carbocycles. The quantitative estimate of drug-likeness (QED) is 0.708. The summed E-state index contributed by atoms with van der Waals surface area (Å²) in [6.07, 6.45) is 4.58. The first kappa shape index (κ1) is 21.3. The zero-order valence-corrected chi connectivity index (χ0v) is 17.2. The Labute approximate surface area is 163 Å². The lowest BCUT2D eigenvalue weighted by atomic mass is 9.94. The molecule has 150 valence electrons. The fraction of sp³-hybridized carbons (Fsp3) is 0.636. The lowest BCUT2D eigenvalue weighted by molar-refractivity contribution is -0.144. The van der Waals surface area contributed by atoms with Gasteiger partial charge in [0.2, 0.25) is 11.8 Å². The Kier molecular flexibility index (Phi) is 7.69. The molecule has 1 aromatic rings. The second-order valence-corrected chi connectivity index (χ2v) is 8.29. The van der Waals surface area contributed by atoms with Gasteiger partial charge in [-0.25, -0.2) is 0 Å². The van der Waals surface area contributed by atoms with Crippen molar-refractivity contribution in [3.05, 3.63) is 29.8 Å². The van der Waals surface area contributed by atoms with Crippen LogP contribution in [0, 0.1) is 5.41 Å². The lowest BCUT2D eigenvalue weighted by Crippen LogP contribution is -2.49. The molecule has 0 aromatic heterocycles. The van der Waals surface area contributed by atoms with Crippen LogP contribution in [0.4, 0.5) is 0 Å². The molecule has 2 amide bonds. The Balaban J connectivity index is 1.79. The van der Waals surface area contributed by atoms with Gasteiger partial charge in [0.1, 0.15) is 11.8 Å². The van der Waals surface area contributed by atoms with E-state index in [1.165, 1.54) is 0 Å². The van der Waals surface area contributed by atoms with Gasteiger partial charge in [-0.15, -0.1) is 0 Å². The van der Waals surface area contributed by atoms with Crippen LogP contribution in [0.2, 0.25) is 0 Å². The molecule has 0 aliphatic carbocycles. The fourth-order valence-corrected chi connectivity index (χ4v) is 3.25. The van der Waals surface area contributed by atoms with E-state index in [9.17, 15) is 9.59 Å². The van der Waals surface area contributed by atoms with Crippen LogP contribution in [-0.2, 0) is 16.0 Å². The highest BCUT2D eigenvalue weighted by Gasteiger charge is 2.38. The van der Waals surface area contributed by atoms with Crippen LogP contribution < -0.4 is 10.1 Å². The third kappa shape index (κ3) is 6.26. The standard InChI is InChI=1S/C22H34N2O3/c1-5-6-16-27-18-11-9-17(10-12-18)13-14-23-20(25)19-8-7-15-24(19)21(26)22(2,3)4/h9-12,19H,5-8,13-16H2,1-4H3,(H,23,25). The Morgan fingerprint density at radius 2 is 1.93 bits per heavy atom. The summed E-state index contributed by atoms with van der Waals surface area (Å²) in [6, 6.07) is 7.71. The fourth-order valence-electron chi connectivity index (χ4n) is 3.25. The van der Waals surface area contributed by atoms with Gasteiger partial charge in [-0.2, -0.15) is 0 Å².